The van der Waals surface area contributed by atoms with Crippen LogP contribution in [-0.4, -0.2) is 34.8 Å². The number of hydroxylamine groups is 2. The molecular formula is C20H20FN3O3. The molecule has 7 heteroatoms. The van der Waals surface area contributed by atoms with E-state index in [0.29, 0.717) is 29.2 Å². The first-order valence-electron chi connectivity index (χ1n) is 8.28. The topological polar surface area (TPSA) is 95.7 Å². The van der Waals surface area contributed by atoms with Gasteiger partial charge in [0.25, 0.3) is 5.91 Å². The molecule has 2 rings (SSSR count). The Kier molecular flexibility index (Phi) is 6.92. The van der Waals surface area contributed by atoms with Gasteiger partial charge in [-0.1, -0.05) is 30.0 Å². The van der Waals surface area contributed by atoms with E-state index in [-0.39, 0.29) is 11.7 Å². The first-order valence-corrected chi connectivity index (χ1v) is 8.28. The molecular weight excluding hydrogens is 349 g/mol. The van der Waals surface area contributed by atoms with Crippen LogP contribution in [0.5, 0.6) is 0 Å². The van der Waals surface area contributed by atoms with Crippen LogP contribution < -0.4 is 11.1 Å². The molecule has 0 saturated carbocycles. The molecule has 2 aromatic rings. The zero-order chi connectivity index (χ0) is 19.8. The van der Waals surface area contributed by atoms with Gasteiger partial charge in [-0.25, -0.2) is 9.18 Å². The maximum Gasteiger partial charge on any atom is 0.339 e. The van der Waals surface area contributed by atoms with Gasteiger partial charge in [-0.3, -0.25) is 10.0 Å². The maximum absolute atomic E-state index is 12.9. The lowest BCUT2D eigenvalue weighted by Crippen LogP contribution is -2.38. The van der Waals surface area contributed by atoms with E-state index >= 15 is 0 Å². The Morgan fingerprint density at radius 2 is 1.96 bits per heavy atom. The molecule has 0 spiro atoms. The van der Waals surface area contributed by atoms with Crippen molar-refractivity contribution in [1.82, 2.24) is 10.4 Å². The fourth-order valence-electron chi connectivity index (χ4n) is 2.25. The van der Waals surface area contributed by atoms with E-state index in [2.05, 4.69) is 17.2 Å². The van der Waals surface area contributed by atoms with E-state index in [4.69, 9.17) is 5.73 Å². The Hall–Kier alpha value is -3.37. The van der Waals surface area contributed by atoms with E-state index in [1.54, 1.807) is 36.4 Å². The monoisotopic (exact) mass is 369 g/mol. The van der Waals surface area contributed by atoms with Crippen LogP contribution >= 0.6 is 0 Å². The normalized spacial score (nSPS) is 11.1. The van der Waals surface area contributed by atoms with Crippen molar-refractivity contribution in [3.8, 4) is 11.8 Å². The number of nitrogens with two attached hydrogens (primary N) is 1. The fourth-order valence-corrected chi connectivity index (χ4v) is 2.25. The second-order valence-electron chi connectivity index (χ2n) is 5.84. The van der Waals surface area contributed by atoms with Gasteiger partial charge in [-0.05, 0) is 49.2 Å². The van der Waals surface area contributed by atoms with E-state index in [0.717, 1.165) is 5.56 Å². The molecule has 0 saturated heterocycles. The first-order chi connectivity index (χ1) is 12.9. The van der Waals surface area contributed by atoms with Crippen molar-refractivity contribution in [2.45, 2.75) is 19.4 Å². The summed E-state index contributed by atoms with van der Waals surface area (Å²) in [7, 11) is 0. The number of rotatable bonds is 5. The van der Waals surface area contributed by atoms with E-state index < -0.39 is 12.1 Å². The SMILES string of the molecule is CC(C#Cc1cccc(C(=O)NCCc2ccc(F)cc2)c1)N(O)C(N)=O. The minimum absolute atomic E-state index is 0.255. The summed E-state index contributed by atoms with van der Waals surface area (Å²) < 4.78 is 12.9. The predicted octanol–water partition coefficient (Wildman–Crippen LogP) is 2.31. The number of benzene rings is 2. The number of primary amides is 1. The van der Waals surface area contributed by atoms with Gasteiger partial charge in [0, 0.05) is 17.7 Å². The van der Waals surface area contributed by atoms with Gasteiger partial charge >= 0.3 is 6.03 Å². The summed E-state index contributed by atoms with van der Waals surface area (Å²) in [4.78, 5) is 23.1. The molecule has 0 aromatic heterocycles. The molecule has 1 unspecified atom stereocenters. The molecule has 27 heavy (non-hydrogen) atoms. The second kappa shape index (κ2) is 9.36. The lowest BCUT2D eigenvalue weighted by molar-refractivity contribution is -0.0536. The summed E-state index contributed by atoms with van der Waals surface area (Å²) in [6.45, 7) is 1.93. The highest BCUT2D eigenvalue weighted by molar-refractivity contribution is 5.94. The van der Waals surface area contributed by atoms with Gasteiger partial charge < -0.3 is 11.1 Å². The van der Waals surface area contributed by atoms with Crippen molar-refractivity contribution in [1.29, 1.82) is 0 Å². The molecule has 3 amide bonds. The highest BCUT2D eigenvalue weighted by Crippen LogP contribution is 2.06. The summed E-state index contributed by atoms with van der Waals surface area (Å²) in [5.74, 6) is 4.91. The van der Waals surface area contributed by atoms with Crippen LogP contribution in [0.4, 0.5) is 9.18 Å². The molecule has 0 radical (unpaired) electrons. The number of nitrogens with one attached hydrogen (secondary N) is 1. The van der Waals surface area contributed by atoms with Crippen molar-refractivity contribution in [2.24, 2.45) is 5.73 Å². The third-order valence-corrected chi connectivity index (χ3v) is 3.76. The summed E-state index contributed by atoms with van der Waals surface area (Å²) in [6.07, 6.45) is 0.586. The average Bonchev–Trinajstić information content (AvgIpc) is 2.67. The third-order valence-electron chi connectivity index (χ3n) is 3.76. The quantitative estimate of drug-likeness (QED) is 0.429. The molecule has 0 aliphatic heterocycles. The number of halogens is 1. The van der Waals surface area contributed by atoms with Crippen molar-refractivity contribution >= 4 is 11.9 Å². The van der Waals surface area contributed by atoms with Gasteiger partial charge in [0.05, 0.1) is 0 Å². The van der Waals surface area contributed by atoms with Gasteiger partial charge in [0.15, 0.2) is 0 Å². The second-order valence-corrected chi connectivity index (χ2v) is 5.84. The largest absolute Gasteiger partial charge is 0.352 e. The third kappa shape index (κ3) is 6.13. The smallest absolute Gasteiger partial charge is 0.339 e. The molecule has 1 atom stereocenters. The molecule has 0 heterocycles. The number of nitrogens with zero attached hydrogens (tertiary/aromatic N) is 1. The molecule has 140 valence electrons. The molecule has 0 aliphatic rings. The van der Waals surface area contributed by atoms with Gasteiger partial charge in [0.1, 0.15) is 11.9 Å². The van der Waals surface area contributed by atoms with E-state index in [1.807, 2.05) is 0 Å². The van der Waals surface area contributed by atoms with Crippen LogP contribution in [0.2, 0.25) is 0 Å². The molecule has 0 fully saturated rings. The van der Waals surface area contributed by atoms with E-state index in [1.165, 1.54) is 19.1 Å². The lowest BCUT2D eigenvalue weighted by Gasteiger charge is -2.14. The Balaban J connectivity index is 1.95. The summed E-state index contributed by atoms with van der Waals surface area (Å²) in [6, 6.07) is 11.0. The van der Waals surface area contributed by atoms with Gasteiger partial charge in [0.2, 0.25) is 0 Å². The lowest BCUT2D eigenvalue weighted by atomic mass is 10.1. The fraction of sp³-hybridized carbons (Fsp3) is 0.200. The van der Waals surface area contributed by atoms with Crippen LogP contribution in [0.1, 0.15) is 28.4 Å². The zero-order valence-corrected chi connectivity index (χ0v) is 14.8. The zero-order valence-electron chi connectivity index (χ0n) is 14.8. The average molecular weight is 369 g/mol. The first kappa shape index (κ1) is 19.9. The van der Waals surface area contributed by atoms with Gasteiger partial charge in [-0.15, -0.1) is 0 Å². The van der Waals surface area contributed by atoms with Crippen LogP contribution in [-0.2, 0) is 6.42 Å². The molecule has 0 bridgehead atoms. The summed E-state index contributed by atoms with van der Waals surface area (Å²) >= 11 is 0. The number of amides is 3. The van der Waals surface area contributed by atoms with Crippen LogP contribution in [0.15, 0.2) is 48.5 Å². The Labute approximate surface area is 156 Å². The summed E-state index contributed by atoms with van der Waals surface area (Å²) in [5.41, 5.74) is 6.88. The van der Waals surface area contributed by atoms with Gasteiger partial charge in [-0.2, -0.15) is 5.06 Å². The summed E-state index contributed by atoms with van der Waals surface area (Å²) in [5, 5.41) is 12.5. The van der Waals surface area contributed by atoms with E-state index in [9.17, 15) is 19.2 Å². The Morgan fingerprint density at radius 1 is 1.26 bits per heavy atom. The number of carbonyl (C=O) groups is 2. The predicted molar refractivity (Wildman–Crippen MR) is 98.4 cm³/mol. The van der Waals surface area contributed by atoms with Crippen molar-refractivity contribution in [3.63, 3.8) is 0 Å². The molecule has 6 nitrogen and oxygen atoms in total. The number of urea groups is 1. The number of hydrogen-bond donors (Lipinski definition) is 3. The van der Waals surface area contributed by atoms with Crippen LogP contribution in [0.3, 0.4) is 0 Å². The number of carbonyl (C=O) groups excluding carboxylic acids is 2. The Morgan fingerprint density at radius 3 is 2.63 bits per heavy atom. The number of hydrogen-bond acceptors (Lipinski definition) is 3. The Bertz CT molecular complexity index is 872. The van der Waals surface area contributed by atoms with Crippen molar-refractivity contribution in [2.75, 3.05) is 6.54 Å². The van der Waals surface area contributed by atoms with Crippen LogP contribution in [0, 0.1) is 17.7 Å². The molecule has 0 aliphatic carbocycles. The maximum atomic E-state index is 12.9. The molecule has 2 aromatic carbocycles. The van der Waals surface area contributed by atoms with Crippen molar-refractivity contribution < 1.29 is 19.2 Å². The highest BCUT2D eigenvalue weighted by atomic mass is 19.1. The minimum atomic E-state index is -0.994. The molecule has 4 N–H and O–H groups in total. The minimum Gasteiger partial charge on any atom is -0.352 e. The standard InChI is InChI=1S/C20H20FN3O3/c1-14(24(27)20(22)26)5-6-16-3-2-4-17(13-16)19(25)23-12-11-15-7-9-18(21)10-8-15/h2-4,7-10,13-14,27H,11-12H2,1H3,(H2,22,26)(H,23,25). The highest BCUT2D eigenvalue weighted by Gasteiger charge is 2.12. The van der Waals surface area contributed by atoms with Crippen molar-refractivity contribution in [3.05, 3.63) is 71.0 Å². The van der Waals surface area contributed by atoms with Crippen LogP contribution in [0.25, 0.3) is 0 Å².